The van der Waals surface area contributed by atoms with Gasteiger partial charge in [-0.15, -0.1) is 0 Å². The number of halogens is 1. The molecule has 0 fully saturated rings. The molecule has 2 aromatic rings. The number of carbonyl (C=O) groups is 1. The summed E-state index contributed by atoms with van der Waals surface area (Å²) in [6.45, 7) is 2.54. The average Bonchev–Trinajstić information content (AvgIpc) is 2.66. The number of hydrogen-bond acceptors (Lipinski definition) is 3. The van der Waals surface area contributed by atoms with Crippen LogP contribution in [-0.4, -0.2) is 31.6 Å². The molecular weight excluding hydrogens is 333 g/mol. The lowest BCUT2D eigenvalue weighted by molar-refractivity contribution is -0.128. The van der Waals surface area contributed by atoms with Crippen LogP contribution in [0.1, 0.15) is 29.7 Å². The molecule has 0 aliphatic carbocycles. The Labute approximate surface area is 152 Å². The van der Waals surface area contributed by atoms with Crippen molar-refractivity contribution in [2.24, 2.45) is 0 Å². The highest BCUT2D eigenvalue weighted by atomic mass is 19.1. The predicted octanol–water partition coefficient (Wildman–Crippen LogP) is 4.00. The van der Waals surface area contributed by atoms with Crippen molar-refractivity contribution in [2.75, 3.05) is 20.8 Å². The Morgan fingerprint density at radius 1 is 1.19 bits per heavy atom. The normalized spacial score (nSPS) is 16.5. The zero-order chi connectivity index (χ0) is 18.7. The smallest absolute Gasteiger partial charge is 0.247 e. The third kappa shape index (κ3) is 3.57. The van der Waals surface area contributed by atoms with Crippen molar-refractivity contribution in [2.45, 2.75) is 19.4 Å². The van der Waals surface area contributed by atoms with Gasteiger partial charge in [0.25, 0.3) is 0 Å². The Morgan fingerprint density at radius 3 is 2.73 bits per heavy atom. The SMILES string of the molecule is COc1ccc(OC)c(/C=C/C(=O)N2CCc3ccc(F)cc3C2C)c1. The first-order valence-electron chi connectivity index (χ1n) is 8.52. The summed E-state index contributed by atoms with van der Waals surface area (Å²) in [7, 11) is 3.17. The van der Waals surface area contributed by atoms with Gasteiger partial charge in [0.05, 0.1) is 20.3 Å². The maximum absolute atomic E-state index is 13.6. The first-order chi connectivity index (χ1) is 12.5. The topological polar surface area (TPSA) is 38.8 Å². The number of methoxy groups -OCH3 is 2. The summed E-state index contributed by atoms with van der Waals surface area (Å²) in [6.07, 6.45) is 3.97. The molecule has 1 heterocycles. The molecule has 0 aromatic heterocycles. The van der Waals surface area contributed by atoms with Crippen LogP contribution in [0.4, 0.5) is 4.39 Å². The number of nitrogens with zero attached hydrogens (tertiary/aromatic N) is 1. The minimum atomic E-state index is -0.276. The van der Waals surface area contributed by atoms with E-state index in [9.17, 15) is 9.18 Å². The second kappa shape index (κ2) is 7.60. The Kier molecular flexibility index (Phi) is 5.26. The fourth-order valence-electron chi connectivity index (χ4n) is 3.31. The lowest BCUT2D eigenvalue weighted by Gasteiger charge is -2.34. The van der Waals surface area contributed by atoms with Gasteiger partial charge in [-0.1, -0.05) is 6.07 Å². The van der Waals surface area contributed by atoms with E-state index in [1.54, 1.807) is 43.4 Å². The average molecular weight is 355 g/mol. The molecule has 1 aliphatic heterocycles. The molecule has 2 aromatic carbocycles. The summed E-state index contributed by atoms with van der Waals surface area (Å²) in [4.78, 5) is 14.5. The van der Waals surface area contributed by atoms with Crippen LogP contribution < -0.4 is 9.47 Å². The van der Waals surface area contributed by atoms with E-state index >= 15 is 0 Å². The molecule has 4 nitrogen and oxygen atoms in total. The van der Waals surface area contributed by atoms with Crippen LogP contribution in [0.25, 0.3) is 6.08 Å². The maximum Gasteiger partial charge on any atom is 0.247 e. The van der Waals surface area contributed by atoms with Crippen molar-refractivity contribution in [1.29, 1.82) is 0 Å². The zero-order valence-electron chi connectivity index (χ0n) is 15.2. The number of hydrogen-bond donors (Lipinski definition) is 0. The molecule has 1 amide bonds. The summed E-state index contributed by atoms with van der Waals surface area (Å²) in [5, 5.41) is 0. The molecule has 0 bridgehead atoms. The number of rotatable bonds is 4. The molecule has 136 valence electrons. The van der Waals surface area contributed by atoms with Gasteiger partial charge in [-0.25, -0.2) is 4.39 Å². The molecule has 0 N–H and O–H groups in total. The van der Waals surface area contributed by atoms with E-state index in [0.29, 0.717) is 18.0 Å². The van der Waals surface area contributed by atoms with Crippen LogP contribution in [-0.2, 0) is 11.2 Å². The van der Waals surface area contributed by atoms with Gasteiger partial charge in [0, 0.05) is 18.2 Å². The highest BCUT2D eigenvalue weighted by Crippen LogP contribution is 2.30. The molecule has 0 radical (unpaired) electrons. The van der Waals surface area contributed by atoms with Crippen LogP contribution in [0, 0.1) is 5.82 Å². The van der Waals surface area contributed by atoms with Gasteiger partial charge in [-0.05, 0) is 60.9 Å². The summed E-state index contributed by atoms with van der Waals surface area (Å²) < 4.78 is 24.1. The first kappa shape index (κ1) is 18.0. The minimum absolute atomic E-state index is 0.114. The van der Waals surface area contributed by atoms with Crippen LogP contribution in [0.5, 0.6) is 11.5 Å². The fourth-order valence-corrected chi connectivity index (χ4v) is 3.31. The number of amides is 1. The third-order valence-corrected chi connectivity index (χ3v) is 4.77. The zero-order valence-corrected chi connectivity index (χ0v) is 15.2. The van der Waals surface area contributed by atoms with Crippen LogP contribution in [0.15, 0.2) is 42.5 Å². The number of fused-ring (bicyclic) bond motifs is 1. The highest BCUT2D eigenvalue weighted by molar-refractivity contribution is 5.92. The predicted molar refractivity (Wildman–Crippen MR) is 98.8 cm³/mol. The molecule has 0 saturated heterocycles. The van der Waals surface area contributed by atoms with Crippen molar-refractivity contribution in [1.82, 2.24) is 4.90 Å². The molecule has 1 unspecified atom stereocenters. The van der Waals surface area contributed by atoms with Crippen molar-refractivity contribution < 1.29 is 18.7 Å². The van der Waals surface area contributed by atoms with Gasteiger partial charge in [0.15, 0.2) is 0 Å². The maximum atomic E-state index is 13.6. The molecule has 1 atom stereocenters. The number of ether oxygens (including phenoxy) is 2. The van der Waals surface area contributed by atoms with Gasteiger partial charge >= 0.3 is 0 Å². The van der Waals surface area contributed by atoms with E-state index in [4.69, 9.17) is 9.47 Å². The van der Waals surface area contributed by atoms with Gasteiger partial charge < -0.3 is 14.4 Å². The molecule has 5 heteroatoms. The minimum Gasteiger partial charge on any atom is -0.497 e. The van der Waals surface area contributed by atoms with Gasteiger partial charge in [0.1, 0.15) is 17.3 Å². The van der Waals surface area contributed by atoms with Gasteiger partial charge in [-0.3, -0.25) is 4.79 Å². The lowest BCUT2D eigenvalue weighted by Crippen LogP contribution is -2.37. The lowest BCUT2D eigenvalue weighted by atomic mass is 9.93. The van der Waals surface area contributed by atoms with Crippen molar-refractivity contribution in [3.63, 3.8) is 0 Å². The molecule has 26 heavy (non-hydrogen) atoms. The molecule has 0 saturated carbocycles. The monoisotopic (exact) mass is 355 g/mol. The van der Waals surface area contributed by atoms with Crippen molar-refractivity contribution in [3.05, 3.63) is 65.0 Å². The Morgan fingerprint density at radius 2 is 2.00 bits per heavy atom. The molecular formula is C21H22FNO3. The van der Waals surface area contributed by atoms with E-state index in [1.165, 1.54) is 18.2 Å². The highest BCUT2D eigenvalue weighted by Gasteiger charge is 2.26. The molecule has 0 spiro atoms. The van der Waals surface area contributed by atoms with Crippen LogP contribution in [0.2, 0.25) is 0 Å². The van der Waals surface area contributed by atoms with E-state index in [2.05, 4.69) is 0 Å². The summed E-state index contributed by atoms with van der Waals surface area (Å²) >= 11 is 0. The Hall–Kier alpha value is -2.82. The first-order valence-corrected chi connectivity index (χ1v) is 8.52. The second-order valence-corrected chi connectivity index (χ2v) is 6.24. The van der Waals surface area contributed by atoms with E-state index in [1.807, 2.05) is 13.0 Å². The van der Waals surface area contributed by atoms with Gasteiger partial charge in [-0.2, -0.15) is 0 Å². The standard InChI is InChI=1S/C21H22FNO3/c1-14-19-13-17(22)6-4-15(19)10-11-23(14)21(24)9-5-16-12-18(25-2)7-8-20(16)26-3/h4-9,12-14H,10-11H2,1-3H3/b9-5+. The van der Waals surface area contributed by atoms with Crippen molar-refractivity contribution >= 4 is 12.0 Å². The summed E-state index contributed by atoms with van der Waals surface area (Å²) in [6, 6.07) is 10.0. The van der Waals surface area contributed by atoms with E-state index < -0.39 is 0 Å². The van der Waals surface area contributed by atoms with E-state index in [0.717, 1.165) is 23.1 Å². The van der Waals surface area contributed by atoms with Crippen LogP contribution in [0.3, 0.4) is 0 Å². The quantitative estimate of drug-likeness (QED) is 0.778. The largest absolute Gasteiger partial charge is 0.497 e. The fraction of sp³-hybridized carbons (Fsp3) is 0.286. The van der Waals surface area contributed by atoms with Crippen molar-refractivity contribution in [3.8, 4) is 11.5 Å². The van der Waals surface area contributed by atoms with Gasteiger partial charge in [0.2, 0.25) is 5.91 Å². The third-order valence-electron chi connectivity index (χ3n) is 4.77. The summed E-state index contributed by atoms with van der Waals surface area (Å²) in [5.74, 6) is 0.960. The van der Waals surface area contributed by atoms with Crippen LogP contribution >= 0.6 is 0 Å². The van der Waals surface area contributed by atoms with E-state index in [-0.39, 0.29) is 17.8 Å². The molecule has 3 rings (SSSR count). The number of carbonyl (C=O) groups excluding carboxylic acids is 1. The Balaban J connectivity index is 1.81. The number of benzene rings is 2. The Bertz CT molecular complexity index is 847. The second-order valence-electron chi connectivity index (χ2n) is 6.24. The summed E-state index contributed by atoms with van der Waals surface area (Å²) in [5.41, 5.74) is 2.73. The molecule has 1 aliphatic rings.